The maximum Gasteiger partial charge on any atom is 0.234 e. The fraction of sp³-hybridized carbons (Fsp3) is 0.714. The van der Waals surface area contributed by atoms with E-state index in [0.717, 1.165) is 11.3 Å². The maximum atomic E-state index is 13.5. The van der Waals surface area contributed by atoms with Crippen molar-refractivity contribution in [2.75, 3.05) is 5.75 Å². The lowest BCUT2D eigenvalue weighted by Gasteiger charge is -2.42. The lowest BCUT2D eigenvalue weighted by Crippen LogP contribution is -2.51. The summed E-state index contributed by atoms with van der Waals surface area (Å²) in [4.78, 5) is 15.3. The van der Waals surface area contributed by atoms with Gasteiger partial charge in [0, 0.05) is 11.8 Å². The molecular formula is C21H37NO2S2Si. The number of rotatable bonds is 7. The molecule has 154 valence electrons. The van der Waals surface area contributed by atoms with Gasteiger partial charge in [0.1, 0.15) is 4.32 Å². The molecule has 0 radical (unpaired) electrons. The molecule has 0 bridgehead atoms. The molecule has 27 heavy (non-hydrogen) atoms. The van der Waals surface area contributed by atoms with E-state index in [2.05, 4.69) is 54.3 Å². The average molecular weight is 428 g/mol. The topological polar surface area (TPSA) is 29.5 Å². The summed E-state index contributed by atoms with van der Waals surface area (Å²) in [7, 11) is -2.05. The van der Waals surface area contributed by atoms with Gasteiger partial charge in [-0.1, -0.05) is 84.3 Å². The summed E-state index contributed by atoms with van der Waals surface area (Å²) >= 11 is 7.12. The second-order valence-electron chi connectivity index (χ2n) is 9.33. The van der Waals surface area contributed by atoms with Crippen LogP contribution in [0, 0.1) is 11.8 Å². The molecule has 0 saturated carbocycles. The van der Waals surface area contributed by atoms with Crippen LogP contribution in [0.15, 0.2) is 24.3 Å². The zero-order valence-corrected chi connectivity index (χ0v) is 21.1. The number of thioether (sulfide) groups is 1. The monoisotopic (exact) mass is 427 g/mol. The molecule has 1 saturated heterocycles. The molecule has 1 aliphatic heterocycles. The number of nitrogens with zero attached hydrogens (tertiary/aromatic N) is 1. The Morgan fingerprint density at radius 1 is 1.37 bits per heavy atom. The summed E-state index contributed by atoms with van der Waals surface area (Å²) in [6.07, 6.45) is 3.46. The predicted molar refractivity (Wildman–Crippen MR) is 126 cm³/mol. The normalized spacial score (nSPS) is 21.6. The third-order valence-electron chi connectivity index (χ3n) is 5.81. The van der Waals surface area contributed by atoms with Gasteiger partial charge in [-0.25, -0.2) is 0 Å². The third kappa shape index (κ3) is 5.78. The van der Waals surface area contributed by atoms with Gasteiger partial charge >= 0.3 is 0 Å². The summed E-state index contributed by atoms with van der Waals surface area (Å²) in [5.41, 5.74) is 1.04. The highest BCUT2D eigenvalue weighted by molar-refractivity contribution is 8.23. The van der Waals surface area contributed by atoms with Gasteiger partial charge in [-0.2, -0.15) is 0 Å². The van der Waals surface area contributed by atoms with Crippen LogP contribution < -0.4 is 0 Å². The quantitative estimate of drug-likeness (QED) is 0.282. The summed E-state index contributed by atoms with van der Waals surface area (Å²) in [6, 6.07) is 0.162. The van der Waals surface area contributed by atoms with Gasteiger partial charge < -0.3 is 4.43 Å². The number of hydrogen-bond acceptors (Lipinski definition) is 4. The third-order valence-corrected chi connectivity index (χ3v) is 11.8. The Hall–Kier alpha value is -0.433. The van der Waals surface area contributed by atoms with Gasteiger partial charge in [0.15, 0.2) is 8.32 Å². The van der Waals surface area contributed by atoms with Crippen molar-refractivity contribution in [2.24, 2.45) is 11.8 Å². The van der Waals surface area contributed by atoms with E-state index in [1.807, 2.05) is 24.8 Å². The lowest BCUT2D eigenvalue weighted by atomic mass is 9.95. The minimum Gasteiger partial charge on any atom is -0.409 e. The number of carbonyl (C=O) groups excluding carboxylic acids is 1. The molecule has 0 spiro atoms. The van der Waals surface area contributed by atoms with Crippen molar-refractivity contribution in [3.63, 3.8) is 0 Å². The van der Waals surface area contributed by atoms with Gasteiger partial charge in [-0.3, -0.25) is 9.69 Å². The van der Waals surface area contributed by atoms with Crippen LogP contribution in [-0.4, -0.2) is 41.3 Å². The van der Waals surface area contributed by atoms with Crippen molar-refractivity contribution in [2.45, 2.75) is 78.7 Å². The fourth-order valence-corrected chi connectivity index (χ4v) is 5.91. The molecule has 3 nitrogen and oxygen atoms in total. The second kappa shape index (κ2) is 9.38. The lowest BCUT2D eigenvalue weighted by molar-refractivity contribution is -0.135. The van der Waals surface area contributed by atoms with Crippen LogP contribution >= 0.6 is 24.0 Å². The Labute approximate surface area is 177 Å². The van der Waals surface area contributed by atoms with Crippen molar-refractivity contribution in [3.05, 3.63) is 24.3 Å². The first-order chi connectivity index (χ1) is 12.2. The highest BCUT2D eigenvalue weighted by atomic mass is 32.2. The molecular weight excluding hydrogens is 390 g/mol. The SMILES string of the molecule is C=C/C=C(\C)[C@H](O[Si](C)(C)C(C)(C)C)[C@@H](C)C(=O)N1C(=S)SC[C@@H]1C(C)C. The highest BCUT2D eigenvalue weighted by Gasteiger charge is 2.44. The number of carbonyl (C=O) groups is 1. The predicted octanol–water partition coefficient (Wildman–Crippen LogP) is 6.03. The first-order valence-electron chi connectivity index (χ1n) is 9.71. The van der Waals surface area contributed by atoms with Crippen LogP contribution in [0.25, 0.3) is 0 Å². The minimum atomic E-state index is -2.05. The second-order valence-corrected chi connectivity index (χ2v) is 15.7. The standard InChI is InChI=1S/C21H37NO2S2Si/c1-11-12-15(4)18(24-27(9,10)21(6,7)8)16(5)19(23)22-17(14(2)3)13-26-20(22)25/h11-12,14,16-18H,1,13H2,2-10H3/b15-12+/t16-,17-,18+/m1/s1. The minimum absolute atomic E-state index is 0.0712. The van der Waals surface area contributed by atoms with Crippen LogP contribution in [0.2, 0.25) is 18.1 Å². The van der Waals surface area contributed by atoms with E-state index in [0.29, 0.717) is 10.2 Å². The van der Waals surface area contributed by atoms with E-state index >= 15 is 0 Å². The van der Waals surface area contributed by atoms with Crippen LogP contribution in [0.3, 0.4) is 0 Å². The van der Waals surface area contributed by atoms with Crippen molar-refractivity contribution in [1.82, 2.24) is 4.90 Å². The molecule has 0 aromatic carbocycles. The zero-order valence-electron chi connectivity index (χ0n) is 18.5. The smallest absolute Gasteiger partial charge is 0.234 e. The van der Waals surface area contributed by atoms with E-state index in [1.165, 1.54) is 0 Å². The van der Waals surface area contributed by atoms with Gasteiger partial charge in [0.2, 0.25) is 5.91 Å². The average Bonchev–Trinajstić information content (AvgIpc) is 2.92. The molecule has 1 aliphatic rings. The molecule has 1 fully saturated rings. The summed E-state index contributed by atoms with van der Waals surface area (Å²) in [6.45, 7) is 23.2. The van der Waals surface area contributed by atoms with E-state index in [1.54, 1.807) is 17.8 Å². The molecule has 0 N–H and O–H groups in total. The Morgan fingerprint density at radius 2 is 1.93 bits per heavy atom. The Balaban J connectivity index is 3.21. The number of thiocarbonyl (C=S) groups is 1. The van der Waals surface area contributed by atoms with Crippen molar-refractivity contribution < 1.29 is 9.22 Å². The van der Waals surface area contributed by atoms with Crippen molar-refractivity contribution in [3.8, 4) is 0 Å². The van der Waals surface area contributed by atoms with E-state index in [-0.39, 0.29) is 29.0 Å². The van der Waals surface area contributed by atoms with Gasteiger partial charge in [0.05, 0.1) is 12.0 Å². The van der Waals surface area contributed by atoms with Crippen LogP contribution in [0.4, 0.5) is 0 Å². The zero-order chi connectivity index (χ0) is 21.2. The molecule has 1 amide bonds. The summed E-state index contributed by atoms with van der Waals surface area (Å²) < 4.78 is 7.41. The highest BCUT2D eigenvalue weighted by Crippen LogP contribution is 2.40. The van der Waals surface area contributed by atoms with Crippen LogP contribution in [0.1, 0.15) is 48.5 Å². The first kappa shape index (κ1) is 24.6. The first-order valence-corrected chi connectivity index (χ1v) is 14.0. The molecule has 1 heterocycles. The molecule has 3 atom stereocenters. The van der Waals surface area contributed by atoms with Gasteiger partial charge in [-0.05, 0) is 36.5 Å². The number of allylic oxidation sites excluding steroid dienone is 2. The van der Waals surface area contributed by atoms with E-state index < -0.39 is 8.32 Å². The Bertz CT molecular complexity index is 608. The fourth-order valence-electron chi connectivity index (χ4n) is 2.89. The molecule has 0 unspecified atom stereocenters. The number of hydrogen-bond donors (Lipinski definition) is 0. The summed E-state index contributed by atoms with van der Waals surface area (Å²) in [5, 5.41) is 0.0712. The molecule has 6 heteroatoms. The van der Waals surface area contributed by atoms with Crippen molar-refractivity contribution in [1.29, 1.82) is 0 Å². The summed E-state index contributed by atoms with van der Waals surface area (Å²) in [5.74, 6) is 1.03. The maximum absolute atomic E-state index is 13.5. The van der Waals surface area contributed by atoms with Crippen LogP contribution in [0.5, 0.6) is 0 Å². The van der Waals surface area contributed by atoms with Gasteiger partial charge in [-0.15, -0.1) is 0 Å². The Kier molecular flexibility index (Phi) is 8.54. The van der Waals surface area contributed by atoms with Crippen LogP contribution in [-0.2, 0) is 9.22 Å². The molecule has 0 aromatic rings. The molecule has 0 aromatic heterocycles. The Morgan fingerprint density at radius 3 is 2.37 bits per heavy atom. The number of amides is 1. The van der Waals surface area contributed by atoms with Crippen molar-refractivity contribution >= 4 is 42.5 Å². The van der Waals surface area contributed by atoms with Gasteiger partial charge in [0.25, 0.3) is 0 Å². The van der Waals surface area contributed by atoms with E-state index in [4.69, 9.17) is 16.6 Å². The molecule has 1 rings (SSSR count). The largest absolute Gasteiger partial charge is 0.409 e. The molecule has 0 aliphatic carbocycles. The van der Waals surface area contributed by atoms with E-state index in [9.17, 15) is 4.79 Å².